The zero-order valence-corrected chi connectivity index (χ0v) is 21.4. The zero-order valence-electron chi connectivity index (χ0n) is 21.4. The van der Waals surface area contributed by atoms with Crippen LogP contribution in [-0.2, 0) is 16.1 Å². The molecular weight excluding hydrogens is 478 g/mol. The van der Waals surface area contributed by atoms with Crippen LogP contribution in [0.25, 0.3) is 0 Å². The summed E-state index contributed by atoms with van der Waals surface area (Å²) in [6.07, 6.45) is 4.98. The van der Waals surface area contributed by atoms with Crippen molar-refractivity contribution in [2.24, 2.45) is 10.9 Å². The van der Waals surface area contributed by atoms with E-state index in [0.29, 0.717) is 5.70 Å². The highest BCUT2D eigenvalue weighted by Gasteiger charge is 2.32. The quantitative estimate of drug-likeness (QED) is 0.471. The topological polar surface area (TPSA) is 102 Å². The van der Waals surface area contributed by atoms with E-state index < -0.39 is 0 Å². The van der Waals surface area contributed by atoms with Crippen LogP contribution in [0.5, 0.6) is 0 Å². The number of aliphatic hydroxyl groups excluding tert-OH is 2. The third-order valence-corrected chi connectivity index (χ3v) is 7.38. The third-order valence-electron chi connectivity index (χ3n) is 7.38. The molecule has 7 nitrogen and oxygen atoms in total. The molecule has 2 atom stereocenters. The van der Waals surface area contributed by atoms with Gasteiger partial charge in [0.1, 0.15) is 0 Å². The largest absolute Gasteiger partial charge is 0.503 e. The number of likely N-dealkylation sites (tertiary alicyclic amines) is 1. The van der Waals surface area contributed by atoms with E-state index in [-0.39, 0.29) is 54.8 Å². The maximum absolute atomic E-state index is 12.0. The maximum Gasteiger partial charge on any atom is 0.223 e. The van der Waals surface area contributed by atoms with Gasteiger partial charge in [0.25, 0.3) is 0 Å². The van der Waals surface area contributed by atoms with Gasteiger partial charge in [-0.05, 0) is 54.7 Å². The number of aliphatic imine (C=N–C) groups is 1. The Bertz CT molecular complexity index is 1300. The number of ketones is 1. The van der Waals surface area contributed by atoms with Gasteiger partial charge < -0.3 is 15.5 Å². The molecule has 2 heterocycles. The SMILES string of the molecule is O=C1CC=NC(CC(CO)c2ccc(C#Cc3ccc(CN4CC[C@@H](NC(=O)C5CC5)C4)cc3)cc2)=C1O. The second-order valence-corrected chi connectivity index (χ2v) is 10.4. The van der Waals surface area contributed by atoms with Crippen molar-refractivity contribution in [3.8, 4) is 11.8 Å². The number of amides is 1. The molecule has 1 amide bonds. The number of hydrogen-bond acceptors (Lipinski definition) is 6. The van der Waals surface area contributed by atoms with Crippen molar-refractivity contribution in [1.82, 2.24) is 10.2 Å². The normalized spacial score (nSPS) is 20.2. The highest BCUT2D eigenvalue weighted by atomic mass is 16.3. The van der Waals surface area contributed by atoms with Crippen LogP contribution in [0.4, 0.5) is 0 Å². The second-order valence-electron chi connectivity index (χ2n) is 10.4. The molecule has 0 spiro atoms. The van der Waals surface area contributed by atoms with Crippen molar-refractivity contribution in [2.75, 3.05) is 19.7 Å². The molecule has 2 aromatic rings. The third kappa shape index (κ3) is 6.58. The van der Waals surface area contributed by atoms with Gasteiger partial charge in [0.15, 0.2) is 5.76 Å². The number of nitrogens with zero attached hydrogens (tertiary/aromatic N) is 2. The molecule has 2 aromatic carbocycles. The number of Topliss-reactive ketones (excluding diaryl/α,β-unsaturated/α-hetero) is 1. The van der Waals surface area contributed by atoms with Crippen LogP contribution in [0.2, 0.25) is 0 Å². The molecule has 1 saturated carbocycles. The minimum Gasteiger partial charge on any atom is -0.503 e. The standard InChI is InChI=1S/C31H33N3O4/c35-20-26(17-28-30(37)29(36)13-15-32-28)24-9-7-22(8-10-24)2-1-21-3-5-23(6-4-21)18-34-16-14-27(19-34)33-31(38)25-11-12-25/h3-10,15,25-27,35,37H,11-14,16-20H2,(H,33,38)/t26?,27-/m1/s1. The van der Waals surface area contributed by atoms with Crippen LogP contribution in [0.1, 0.15) is 60.3 Å². The van der Waals surface area contributed by atoms with Crippen LogP contribution in [0, 0.1) is 17.8 Å². The first-order valence-electron chi connectivity index (χ1n) is 13.3. The predicted molar refractivity (Wildman–Crippen MR) is 146 cm³/mol. The lowest BCUT2D eigenvalue weighted by atomic mass is 9.93. The number of hydrogen-bond donors (Lipinski definition) is 3. The van der Waals surface area contributed by atoms with Crippen LogP contribution >= 0.6 is 0 Å². The van der Waals surface area contributed by atoms with Gasteiger partial charge in [-0.2, -0.15) is 0 Å². The van der Waals surface area contributed by atoms with Crippen molar-refractivity contribution in [3.05, 3.63) is 82.2 Å². The van der Waals surface area contributed by atoms with Crippen molar-refractivity contribution in [1.29, 1.82) is 0 Å². The summed E-state index contributed by atoms with van der Waals surface area (Å²) in [7, 11) is 0. The Hall–Kier alpha value is -3.73. The Kier molecular flexibility index (Phi) is 8.02. The maximum atomic E-state index is 12.0. The molecule has 38 heavy (non-hydrogen) atoms. The summed E-state index contributed by atoms with van der Waals surface area (Å²) in [4.78, 5) is 30.2. The summed E-state index contributed by atoms with van der Waals surface area (Å²) in [6.45, 7) is 2.64. The number of nitrogens with one attached hydrogen (secondary N) is 1. The number of carbonyl (C=O) groups excluding carboxylic acids is 2. The van der Waals surface area contributed by atoms with Gasteiger partial charge in [-0.3, -0.25) is 19.5 Å². The van der Waals surface area contributed by atoms with E-state index in [0.717, 1.165) is 55.6 Å². The van der Waals surface area contributed by atoms with Crippen LogP contribution in [0.15, 0.2) is 65.0 Å². The molecule has 2 aliphatic heterocycles. The fourth-order valence-electron chi connectivity index (χ4n) is 4.92. The van der Waals surface area contributed by atoms with E-state index in [4.69, 9.17) is 0 Å². The monoisotopic (exact) mass is 511 g/mol. The molecule has 1 unspecified atom stereocenters. The Morgan fingerprint density at radius 1 is 1.05 bits per heavy atom. The molecule has 5 rings (SSSR count). The highest BCUT2D eigenvalue weighted by molar-refractivity contribution is 6.04. The lowest BCUT2D eigenvalue weighted by Crippen LogP contribution is -2.37. The number of aliphatic hydroxyl groups is 2. The molecule has 3 N–H and O–H groups in total. The Balaban J connectivity index is 1.14. The van der Waals surface area contributed by atoms with E-state index in [9.17, 15) is 19.8 Å². The highest BCUT2D eigenvalue weighted by Crippen LogP contribution is 2.29. The molecule has 1 aliphatic carbocycles. The zero-order chi connectivity index (χ0) is 26.5. The van der Waals surface area contributed by atoms with Gasteiger partial charge in [0, 0.05) is 67.7 Å². The average molecular weight is 512 g/mol. The number of rotatable bonds is 8. The van der Waals surface area contributed by atoms with Gasteiger partial charge in [0.2, 0.25) is 11.7 Å². The molecule has 2 fully saturated rings. The fraction of sp³-hybridized carbons (Fsp3) is 0.387. The number of benzene rings is 2. The van der Waals surface area contributed by atoms with Gasteiger partial charge in [0.05, 0.1) is 12.3 Å². The van der Waals surface area contributed by atoms with E-state index in [1.54, 1.807) is 0 Å². The van der Waals surface area contributed by atoms with Crippen molar-refractivity contribution >= 4 is 17.9 Å². The smallest absolute Gasteiger partial charge is 0.223 e. The Morgan fingerprint density at radius 3 is 2.39 bits per heavy atom. The van der Waals surface area contributed by atoms with Crippen molar-refractivity contribution in [2.45, 2.75) is 50.6 Å². The second kappa shape index (κ2) is 11.8. The first-order valence-corrected chi connectivity index (χ1v) is 13.3. The van der Waals surface area contributed by atoms with Gasteiger partial charge >= 0.3 is 0 Å². The van der Waals surface area contributed by atoms with E-state index in [1.807, 2.05) is 36.4 Å². The minimum atomic E-state index is -0.343. The first kappa shape index (κ1) is 25.9. The summed E-state index contributed by atoms with van der Waals surface area (Å²) in [5.41, 5.74) is 4.24. The lowest BCUT2D eigenvalue weighted by Gasteiger charge is -2.17. The van der Waals surface area contributed by atoms with E-state index in [2.05, 4.69) is 39.2 Å². The van der Waals surface area contributed by atoms with Gasteiger partial charge in [-0.25, -0.2) is 0 Å². The molecule has 0 aromatic heterocycles. The number of allylic oxidation sites excluding steroid dienone is 2. The predicted octanol–water partition coefficient (Wildman–Crippen LogP) is 3.47. The van der Waals surface area contributed by atoms with E-state index >= 15 is 0 Å². The van der Waals surface area contributed by atoms with E-state index in [1.165, 1.54) is 11.8 Å². The van der Waals surface area contributed by atoms with Crippen LogP contribution in [-0.4, -0.2) is 58.8 Å². The molecule has 0 bridgehead atoms. The van der Waals surface area contributed by atoms with Crippen LogP contribution < -0.4 is 5.32 Å². The van der Waals surface area contributed by atoms with Gasteiger partial charge in [-0.1, -0.05) is 36.1 Å². The molecule has 7 heteroatoms. The lowest BCUT2D eigenvalue weighted by molar-refractivity contribution is -0.123. The van der Waals surface area contributed by atoms with Crippen molar-refractivity contribution < 1.29 is 19.8 Å². The van der Waals surface area contributed by atoms with Crippen LogP contribution in [0.3, 0.4) is 0 Å². The molecular formula is C31H33N3O4. The first-order chi connectivity index (χ1) is 18.5. The molecule has 196 valence electrons. The molecule has 0 radical (unpaired) electrons. The number of carbonyl (C=O) groups is 2. The van der Waals surface area contributed by atoms with Crippen molar-refractivity contribution in [3.63, 3.8) is 0 Å². The summed E-state index contributed by atoms with van der Waals surface area (Å²) in [5.74, 6) is 5.97. The molecule has 3 aliphatic rings. The van der Waals surface area contributed by atoms with Gasteiger partial charge in [-0.15, -0.1) is 0 Å². The summed E-state index contributed by atoms with van der Waals surface area (Å²) >= 11 is 0. The average Bonchev–Trinajstić information content (AvgIpc) is 3.70. The summed E-state index contributed by atoms with van der Waals surface area (Å²) < 4.78 is 0. The summed E-state index contributed by atoms with van der Waals surface area (Å²) in [6, 6.07) is 16.2. The fourth-order valence-corrected chi connectivity index (χ4v) is 4.92. The Morgan fingerprint density at radius 2 is 1.74 bits per heavy atom. The minimum absolute atomic E-state index is 0.106. The Labute approximate surface area is 223 Å². The molecule has 1 saturated heterocycles. The summed E-state index contributed by atoms with van der Waals surface area (Å²) in [5, 5.41) is 23.1.